The van der Waals surface area contributed by atoms with E-state index in [1.807, 2.05) is 17.9 Å². The van der Waals surface area contributed by atoms with E-state index in [1.165, 1.54) is 11.5 Å². The zero-order valence-corrected chi connectivity index (χ0v) is 13.2. The minimum atomic E-state index is -0.0841. The molecule has 0 spiro atoms. The molecule has 1 saturated heterocycles. The third-order valence-corrected chi connectivity index (χ3v) is 4.34. The van der Waals surface area contributed by atoms with Crippen molar-refractivity contribution in [3.05, 3.63) is 30.4 Å². The molecule has 22 heavy (non-hydrogen) atoms. The zero-order chi connectivity index (χ0) is 15.4. The highest BCUT2D eigenvalue weighted by molar-refractivity contribution is 7.09. The smallest absolute Gasteiger partial charge is 0.322 e. The van der Waals surface area contributed by atoms with Crippen molar-refractivity contribution in [1.29, 1.82) is 0 Å². The molecule has 0 bridgehead atoms. The highest BCUT2D eigenvalue weighted by Gasteiger charge is 2.23. The van der Waals surface area contributed by atoms with E-state index in [9.17, 15) is 4.79 Å². The molecule has 3 rings (SSSR count). The summed E-state index contributed by atoms with van der Waals surface area (Å²) in [6, 6.07) is 3.54. The van der Waals surface area contributed by atoms with Crippen LogP contribution in [0, 0.1) is 0 Å². The van der Waals surface area contributed by atoms with Crippen molar-refractivity contribution in [3.8, 4) is 0 Å². The second kappa shape index (κ2) is 6.69. The number of rotatable bonds is 3. The summed E-state index contributed by atoms with van der Waals surface area (Å²) in [6.45, 7) is 4.95. The first-order valence-corrected chi connectivity index (χ1v) is 8.07. The van der Waals surface area contributed by atoms with Gasteiger partial charge in [0.1, 0.15) is 5.82 Å². The number of nitrogens with zero attached hydrogens (tertiary/aromatic N) is 5. The van der Waals surface area contributed by atoms with Crippen LogP contribution in [0.1, 0.15) is 12.7 Å². The summed E-state index contributed by atoms with van der Waals surface area (Å²) in [6.07, 6.45) is 4.17. The van der Waals surface area contributed by atoms with Crippen molar-refractivity contribution >= 4 is 28.4 Å². The standard InChI is InChI=1S/C14H18N6OS/c1-2-12-17-14(22-18-12)20-8-6-19(7-9-20)13(21)16-11-4-3-5-15-10-11/h3-5,10H,2,6-9H2,1H3,(H,16,21). The molecule has 0 saturated carbocycles. The Bertz CT molecular complexity index is 623. The zero-order valence-electron chi connectivity index (χ0n) is 12.4. The number of anilines is 2. The van der Waals surface area contributed by atoms with Gasteiger partial charge >= 0.3 is 6.03 Å². The van der Waals surface area contributed by atoms with Crippen molar-refractivity contribution < 1.29 is 4.79 Å². The Morgan fingerprint density at radius 1 is 1.36 bits per heavy atom. The van der Waals surface area contributed by atoms with Crippen molar-refractivity contribution in [1.82, 2.24) is 19.2 Å². The maximum absolute atomic E-state index is 12.2. The van der Waals surface area contributed by atoms with E-state index < -0.39 is 0 Å². The van der Waals surface area contributed by atoms with Crippen molar-refractivity contribution in [2.24, 2.45) is 0 Å². The van der Waals surface area contributed by atoms with E-state index in [2.05, 4.69) is 24.6 Å². The number of aryl methyl sites for hydroxylation is 1. The molecule has 1 N–H and O–H groups in total. The van der Waals surface area contributed by atoms with Gasteiger partial charge in [0.25, 0.3) is 0 Å². The quantitative estimate of drug-likeness (QED) is 0.935. The second-order valence-corrected chi connectivity index (χ2v) is 5.72. The first-order chi connectivity index (χ1) is 10.8. The van der Waals surface area contributed by atoms with Crippen LogP contribution in [0.5, 0.6) is 0 Å². The molecule has 2 aromatic heterocycles. The molecular weight excluding hydrogens is 300 g/mol. The molecule has 8 heteroatoms. The molecule has 1 aliphatic rings. The SMILES string of the molecule is CCc1nsc(N2CCN(C(=O)Nc3cccnc3)CC2)n1. The van der Waals surface area contributed by atoms with E-state index >= 15 is 0 Å². The average molecular weight is 318 g/mol. The summed E-state index contributed by atoms with van der Waals surface area (Å²) in [7, 11) is 0. The van der Waals surface area contributed by atoms with E-state index in [0.717, 1.165) is 30.5 Å². The monoisotopic (exact) mass is 318 g/mol. The van der Waals surface area contributed by atoms with Crippen molar-refractivity contribution in [2.45, 2.75) is 13.3 Å². The topological polar surface area (TPSA) is 74.2 Å². The van der Waals surface area contributed by atoms with E-state index in [4.69, 9.17) is 0 Å². The van der Waals surface area contributed by atoms with Crippen LogP contribution >= 0.6 is 11.5 Å². The number of carbonyl (C=O) groups excluding carboxylic acids is 1. The normalized spacial score (nSPS) is 15.0. The molecule has 2 aromatic rings. The third-order valence-electron chi connectivity index (χ3n) is 3.52. The van der Waals surface area contributed by atoms with E-state index in [-0.39, 0.29) is 6.03 Å². The number of piperazine rings is 1. The number of urea groups is 1. The predicted molar refractivity (Wildman–Crippen MR) is 86.3 cm³/mol. The summed E-state index contributed by atoms with van der Waals surface area (Å²) in [5.41, 5.74) is 0.714. The molecule has 116 valence electrons. The fourth-order valence-corrected chi connectivity index (χ4v) is 3.06. The van der Waals surface area contributed by atoms with Gasteiger partial charge in [-0.25, -0.2) is 9.78 Å². The summed E-state index contributed by atoms with van der Waals surface area (Å²) in [5, 5.41) is 3.81. The Morgan fingerprint density at radius 3 is 2.82 bits per heavy atom. The maximum atomic E-state index is 12.2. The molecule has 0 atom stereocenters. The lowest BCUT2D eigenvalue weighted by atomic mass is 10.3. The van der Waals surface area contributed by atoms with Crippen LogP contribution in [0.25, 0.3) is 0 Å². The molecule has 1 aliphatic heterocycles. The lowest BCUT2D eigenvalue weighted by Crippen LogP contribution is -2.50. The number of carbonyl (C=O) groups is 1. The van der Waals surface area contributed by atoms with Gasteiger partial charge in [0.2, 0.25) is 5.13 Å². The van der Waals surface area contributed by atoms with Crippen molar-refractivity contribution in [3.63, 3.8) is 0 Å². The van der Waals surface area contributed by atoms with Gasteiger partial charge in [-0.15, -0.1) is 0 Å². The van der Waals surface area contributed by atoms with Gasteiger partial charge in [0.05, 0.1) is 11.9 Å². The van der Waals surface area contributed by atoms with Gasteiger partial charge < -0.3 is 15.1 Å². The molecule has 3 heterocycles. The summed E-state index contributed by atoms with van der Waals surface area (Å²) in [4.78, 5) is 24.7. The predicted octanol–water partition coefficient (Wildman–Crippen LogP) is 1.85. The molecule has 2 amide bonds. The van der Waals surface area contributed by atoms with Crippen molar-refractivity contribution in [2.75, 3.05) is 36.4 Å². The molecule has 1 fully saturated rings. The van der Waals surface area contributed by atoms with Gasteiger partial charge in [0, 0.05) is 50.3 Å². The Hall–Kier alpha value is -2.22. The average Bonchev–Trinajstić information content (AvgIpc) is 3.05. The number of nitrogens with one attached hydrogen (secondary N) is 1. The van der Waals surface area contributed by atoms with Gasteiger partial charge in [-0.1, -0.05) is 6.92 Å². The number of pyridine rings is 1. The van der Waals surface area contributed by atoms with Gasteiger partial charge in [0.15, 0.2) is 0 Å². The highest BCUT2D eigenvalue weighted by atomic mass is 32.1. The fraction of sp³-hybridized carbons (Fsp3) is 0.429. The molecule has 0 radical (unpaired) electrons. The largest absolute Gasteiger partial charge is 0.343 e. The number of hydrogen-bond donors (Lipinski definition) is 1. The van der Waals surface area contributed by atoms with Crippen LogP contribution in [-0.2, 0) is 6.42 Å². The van der Waals surface area contributed by atoms with Crippen LogP contribution in [0.3, 0.4) is 0 Å². The van der Waals surface area contributed by atoms with Crippen LogP contribution in [0.15, 0.2) is 24.5 Å². The van der Waals surface area contributed by atoms with Crippen LogP contribution in [0.4, 0.5) is 15.6 Å². The summed E-state index contributed by atoms with van der Waals surface area (Å²) >= 11 is 1.43. The molecule has 0 aliphatic carbocycles. The lowest BCUT2D eigenvalue weighted by molar-refractivity contribution is 0.208. The highest BCUT2D eigenvalue weighted by Crippen LogP contribution is 2.19. The lowest BCUT2D eigenvalue weighted by Gasteiger charge is -2.34. The first-order valence-electron chi connectivity index (χ1n) is 7.29. The minimum Gasteiger partial charge on any atom is -0.343 e. The maximum Gasteiger partial charge on any atom is 0.322 e. The summed E-state index contributed by atoms with van der Waals surface area (Å²) < 4.78 is 4.31. The van der Waals surface area contributed by atoms with Gasteiger partial charge in [-0.3, -0.25) is 4.98 Å². The van der Waals surface area contributed by atoms with Crippen LogP contribution < -0.4 is 10.2 Å². The van der Waals surface area contributed by atoms with Crippen LogP contribution in [-0.4, -0.2) is 51.5 Å². The molecule has 0 unspecified atom stereocenters. The van der Waals surface area contributed by atoms with E-state index in [0.29, 0.717) is 18.8 Å². The second-order valence-electron chi connectivity index (χ2n) is 4.99. The third kappa shape index (κ3) is 3.33. The van der Waals surface area contributed by atoms with Gasteiger partial charge in [-0.2, -0.15) is 4.37 Å². The number of aromatic nitrogens is 3. The van der Waals surface area contributed by atoms with Crippen LogP contribution in [0.2, 0.25) is 0 Å². The van der Waals surface area contributed by atoms with E-state index in [1.54, 1.807) is 18.5 Å². The Morgan fingerprint density at radius 2 is 2.18 bits per heavy atom. The molecule has 7 nitrogen and oxygen atoms in total. The molecular formula is C14H18N6OS. The summed E-state index contributed by atoms with van der Waals surface area (Å²) in [5.74, 6) is 0.886. The minimum absolute atomic E-state index is 0.0841. The Kier molecular flexibility index (Phi) is 4.47. The van der Waals surface area contributed by atoms with Gasteiger partial charge in [-0.05, 0) is 12.1 Å². The Labute approximate surface area is 133 Å². The molecule has 0 aromatic carbocycles. The first kappa shape index (κ1) is 14.7. The fourth-order valence-electron chi connectivity index (χ4n) is 2.26. The Balaban J connectivity index is 1.54. The number of amides is 2. The number of hydrogen-bond acceptors (Lipinski definition) is 6.